The van der Waals surface area contributed by atoms with Gasteiger partial charge in [0.25, 0.3) is 0 Å². The SMILES string of the molecule is c1ccc(-c2nc(N3c4ccccc4C(c4ccccc4)(c4ccccc4)c4ccccc43)nc3ccccc23)cc1. The Balaban J connectivity index is 1.47. The average molecular weight is 538 g/mol. The summed E-state index contributed by atoms with van der Waals surface area (Å²) < 4.78 is 0. The second kappa shape index (κ2) is 9.83. The minimum Gasteiger partial charge on any atom is -0.278 e. The van der Waals surface area contributed by atoms with E-state index < -0.39 is 5.41 Å². The summed E-state index contributed by atoms with van der Waals surface area (Å²) in [4.78, 5) is 12.7. The van der Waals surface area contributed by atoms with Gasteiger partial charge in [-0.25, -0.2) is 9.97 Å². The second-order valence-electron chi connectivity index (χ2n) is 10.6. The van der Waals surface area contributed by atoms with Crippen LogP contribution in [0.2, 0.25) is 0 Å². The lowest BCUT2D eigenvalue weighted by Gasteiger charge is -2.45. The van der Waals surface area contributed by atoms with E-state index in [1.54, 1.807) is 0 Å². The van der Waals surface area contributed by atoms with E-state index in [1.165, 1.54) is 22.3 Å². The standard InChI is InChI=1S/C39H27N3/c1-4-16-28(17-5-1)37-31-22-10-13-25-34(31)40-38(41-37)42-35-26-14-11-23-32(35)39(29-18-6-2-7-19-29,30-20-8-3-9-21-30)33-24-12-15-27-36(33)42/h1-27H. The molecule has 6 aromatic carbocycles. The summed E-state index contributed by atoms with van der Waals surface area (Å²) in [7, 11) is 0. The molecule has 0 radical (unpaired) electrons. The Morgan fingerprint density at radius 2 is 0.905 bits per heavy atom. The van der Waals surface area contributed by atoms with Crippen LogP contribution >= 0.6 is 0 Å². The van der Waals surface area contributed by atoms with Gasteiger partial charge in [0.1, 0.15) is 0 Å². The van der Waals surface area contributed by atoms with E-state index in [9.17, 15) is 0 Å². The normalized spacial score (nSPS) is 13.4. The Hall–Kier alpha value is -5.54. The van der Waals surface area contributed by atoms with E-state index in [0.717, 1.165) is 33.5 Å². The molecule has 0 fully saturated rings. The summed E-state index contributed by atoms with van der Waals surface area (Å²) in [6.45, 7) is 0. The summed E-state index contributed by atoms with van der Waals surface area (Å²) in [6.07, 6.45) is 0. The van der Waals surface area contributed by atoms with Gasteiger partial charge in [-0.05, 0) is 40.5 Å². The fourth-order valence-electron chi connectivity index (χ4n) is 6.61. The number of hydrogen-bond acceptors (Lipinski definition) is 3. The molecule has 198 valence electrons. The predicted molar refractivity (Wildman–Crippen MR) is 172 cm³/mol. The third-order valence-corrected chi connectivity index (χ3v) is 8.35. The highest BCUT2D eigenvalue weighted by Crippen LogP contribution is 2.57. The second-order valence-corrected chi connectivity index (χ2v) is 10.6. The predicted octanol–water partition coefficient (Wildman–Crippen LogP) is 9.46. The van der Waals surface area contributed by atoms with Crippen molar-refractivity contribution in [3.63, 3.8) is 0 Å². The van der Waals surface area contributed by atoms with Crippen molar-refractivity contribution in [3.05, 3.63) is 186 Å². The van der Waals surface area contributed by atoms with Crippen molar-refractivity contribution in [3.8, 4) is 11.3 Å². The number of benzene rings is 6. The zero-order valence-electron chi connectivity index (χ0n) is 22.9. The van der Waals surface area contributed by atoms with Crippen molar-refractivity contribution in [2.24, 2.45) is 0 Å². The van der Waals surface area contributed by atoms with Crippen LogP contribution in [-0.4, -0.2) is 9.97 Å². The Bertz CT molecular complexity index is 1950. The first kappa shape index (κ1) is 24.3. The van der Waals surface area contributed by atoms with E-state index in [1.807, 2.05) is 12.1 Å². The molecule has 0 saturated heterocycles. The first-order valence-corrected chi connectivity index (χ1v) is 14.3. The van der Waals surface area contributed by atoms with Gasteiger partial charge in [-0.2, -0.15) is 0 Å². The quantitative estimate of drug-likeness (QED) is 0.224. The van der Waals surface area contributed by atoms with Gasteiger partial charge in [-0.1, -0.05) is 146 Å². The lowest BCUT2D eigenvalue weighted by atomic mass is 9.62. The topological polar surface area (TPSA) is 29.0 Å². The molecule has 42 heavy (non-hydrogen) atoms. The van der Waals surface area contributed by atoms with Crippen LogP contribution in [0.3, 0.4) is 0 Å². The van der Waals surface area contributed by atoms with Crippen molar-refractivity contribution in [1.82, 2.24) is 9.97 Å². The van der Waals surface area contributed by atoms with Gasteiger partial charge >= 0.3 is 0 Å². The van der Waals surface area contributed by atoms with Crippen LogP contribution in [-0.2, 0) is 5.41 Å². The van der Waals surface area contributed by atoms with Crippen LogP contribution < -0.4 is 4.90 Å². The van der Waals surface area contributed by atoms with Crippen LogP contribution in [0.15, 0.2) is 164 Å². The van der Waals surface area contributed by atoms with Crippen LogP contribution in [0.25, 0.3) is 22.2 Å². The van der Waals surface area contributed by atoms with Crippen molar-refractivity contribution < 1.29 is 0 Å². The number of hydrogen-bond donors (Lipinski definition) is 0. The van der Waals surface area contributed by atoms with Gasteiger partial charge in [0.05, 0.1) is 28.0 Å². The van der Waals surface area contributed by atoms with Gasteiger partial charge in [0.2, 0.25) is 5.95 Å². The molecule has 0 atom stereocenters. The lowest BCUT2D eigenvalue weighted by Crippen LogP contribution is -2.38. The van der Waals surface area contributed by atoms with Crippen LogP contribution in [0, 0.1) is 0 Å². The zero-order valence-corrected chi connectivity index (χ0v) is 22.9. The summed E-state index contributed by atoms with van der Waals surface area (Å²) >= 11 is 0. The maximum absolute atomic E-state index is 5.30. The molecule has 8 rings (SSSR count). The molecule has 1 aliphatic heterocycles. The van der Waals surface area contributed by atoms with E-state index in [0.29, 0.717) is 5.95 Å². The van der Waals surface area contributed by atoms with Crippen LogP contribution in [0.1, 0.15) is 22.3 Å². The van der Waals surface area contributed by atoms with Crippen molar-refractivity contribution in [1.29, 1.82) is 0 Å². The molecule has 0 aliphatic carbocycles. The maximum Gasteiger partial charge on any atom is 0.235 e. The molecule has 0 N–H and O–H groups in total. The molecule has 1 aliphatic rings. The molecular weight excluding hydrogens is 510 g/mol. The average Bonchev–Trinajstić information content (AvgIpc) is 3.08. The first-order chi connectivity index (χ1) is 20.9. The van der Waals surface area contributed by atoms with Gasteiger partial charge in [0.15, 0.2) is 0 Å². The summed E-state index contributed by atoms with van der Waals surface area (Å²) in [6, 6.07) is 57.8. The molecule has 0 spiro atoms. The molecule has 3 heteroatoms. The van der Waals surface area contributed by atoms with Gasteiger partial charge in [-0.15, -0.1) is 0 Å². The fraction of sp³-hybridized carbons (Fsp3) is 0.0256. The zero-order chi connectivity index (χ0) is 27.9. The summed E-state index contributed by atoms with van der Waals surface area (Å²) in [5.74, 6) is 0.655. The third kappa shape index (κ3) is 3.60. The van der Waals surface area contributed by atoms with Gasteiger partial charge in [-0.3, -0.25) is 4.90 Å². The largest absolute Gasteiger partial charge is 0.278 e. The number of rotatable bonds is 4. The number of anilines is 3. The molecule has 7 aromatic rings. The Labute approximate surface area is 245 Å². The Morgan fingerprint density at radius 1 is 0.429 bits per heavy atom. The minimum atomic E-state index is -0.523. The van der Waals surface area contributed by atoms with Gasteiger partial charge < -0.3 is 0 Å². The van der Waals surface area contributed by atoms with E-state index >= 15 is 0 Å². The molecule has 0 saturated carbocycles. The highest BCUT2D eigenvalue weighted by Gasteiger charge is 2.46. The lowest BCUT2D eigenvalue weighted by molar-refractivity contribution is 0.729. The van der Waals surface area contributed by atoms with Crippen molar-refractivity contribution in [2.75, 3.05) is 4.90 Å². The fourth-order valence-corrected chi connectivity index (χ4v) is 6.61. The Morgan fingerprint density at radius 3 is 1.50 bits per heavy atom. The number of nitrogens with zero attached hydrogens (tertiary/aromatic N) is 3. The van der Waals surface area contributed by atoms with Crippen molar-refractivity contribution >= 4 is 28.2 Å². The van der Waals surface area contributed by atoms with Crippen LogP contribution in [0.4, 0.5) is 17.3 Å². The summed E-state index contributed by atoms with van der Waals surface area (Å²) in [5.41, 5.74) is 9.35. The molecule has 1 aromatic heterocycles. The third-order valence-electron chi connectivity index (χ3n) is 8.35. The molecule has 0 bridgehead atoms. The number of para-hydroxylation sites is 3. The van der Waals surface area contributed by atoms with Crippen LogP contribution in [0.5, 0.6) is 0 Å². The molecule has 0 unspecified atom stereocenters. The number of fused-ring (bicyclic) bond motifs is 3. The monoisotopic (exact) mass is 537 g/mol. The minimum absolute atomic E-state index is 0.523. The van der Waals surface area contributed by atoms with E-state index in [-0.39, 0.29) is 0 Å². The van der Waals surface area contributed by atoms with Crippen molar-refractivity contribution in [2.45, 2.75) is 5.41 Å². The molecule has 3 nitrogen and oxygen atoms in total. The van der Waals surface area contributed by atoms with E-state index in [4.69, 9.17) is 9.97 Å². The maximum atomic E-state index is 5.30. The molecular formula is C39H27N3. The summed E-state index contributed by atoms with van der Waals surface area (Å²) in [5, 5.41) is 1.04. The molecule has 2 heterocycles. The first-order valence-electron chi connectivity index (χ1n) is 14.3. The Kier molecular flexibility index (Phi) is 5.68. The highest BCUT2D eigenvalue weighted by molar-refractivity contribution is 5.95. The van der Waals surface area contributed by atoms with Gasteiger partial charge in [0, 0.05) is 10.9 Å². The van der Waals surface area contributed by atoms with E-state index in [2.05, 4.69) is 157 Å². The number of aromatic nitrogens is 2. The molecule has 0 amide bonds. The smallest absolute Gasteiger partial charge is 0.235 e. The highest BCUT2D eigenvalue weighted by atomic mass is 15.3.